The van der Waals surface area contributed by atoms with Crippen molar-refractivity contribution in [2.24, 2.45) is 5.73 Å². The maximum Gasteiger partial charge on any atom is 0.248 e. The summed E-state index contributed by atoms with van der Waals surface area (Å²) in [7, 11) is 0. The molecule has 0 fully saturated rings. The SMILES string of the molecule is NC(=O)c1ccc(F)cc1.[Y]. The summed E-state index contributed by atoms with van der Waals surface area (Å²) in [6.07, 6.45) is 0. The van der Waals surface area contributed by atoms with E-state index in [2.05, 4.69) is 0 Å². The van der Waals surface area contributed by atoms with Crippen molar-refractivity contribution in [3.05, 3.63) is 35.6 Å². The van der Waals surface area contributed by atoms with Crippen LogP contribution in [0.25, 0.3) is 0 Å². The maximum absolute atomic E-state index is 12.2. The third-order valence-corrected chi connectivity index (χ3v) is 1.13. The molecule has 1 aromatic rings. The molecular formula is C7H6FNOY. The van der Waals surface area contributed by atoms with E-state index in [-0.39, 0.29) is 38.5 Å². The van der Waals surface area contributed by atoms with E-state index in [0.717, 1.165) is 0 Å². The molecule has 1 rings (SSSR count). The topological polar surface area (TPSA) is 43.1 Å². The second kappa shape index (κ2) is 4.57. The van der Waals surface area contributed by atoms with Gasteiger partial charge in [0.05, 0.1) is 0 Å². The second-order valence-corrected chi connectivity index (χ2v) is 1.87. The number of carbonyl (C=O) groups excluding carboxylic acids is 1. The van der Waals surface area contributed by atoms with Crippen molar-refractivity contribution in [2.75, 3.05) is 0 Å². The van der Waals surface area contributed by atoms with Gasteiger partial charge in [0.25, 0.3) is 0 Å². The Kier molecular flexibility index (Phi) is 4.46. The first-order valence-corrected chi connectivity index (χ1v) is 2.75. The standard InChI is InChI=1S/C7H6FNO.Y/c8-6-3-1-5(2-4-6)7(9)10;/h1-4H,(H2,9,10);. The minimum Gasteiger partial charge on any atom is -0.366 e. The fourth-order valence-electron chi connectivity index (χ4n) is 0.614. The number of halogens is 1. The van der Waals surface area contributed by atoms with Crippen LogP contribution in [0.15, 0.2) is 24.3 Å². The summed E-state index contributed by atoms with van der Waals surface area (Å²) in [6, 6.07) is 5.08. The molecule has 0 aromatic heterocycles. The molecule has 0 atom stereocenters. The van der Waals surface area contributed by atoms with E-state index < -0.39 is 5.91 Å². The quantitative estimate of drug-likeness (QED) is 0.763. The van der Waals surface area contributed by atoms with Crippen LogP contribution in [0.1, 0.15) is 10.4 Å². The Bertz CT molecular complexity index is 247. The number of primary amides is 1. The van der Waals surface area contributed by atoms with Crippen LogP contribution in [0.3, 0.4) is 0 Å². The molecule has 0 aliphatic carbocycles. The number of rotatable bonds is 1. The Morgan fingerprint density at radius 2 is 1.73 bits per heavy atom. The van der Waals surface area contributed by atoms with E-state index in [1.54, 1.807) is 0 Å². The van der Waals surface area contributed by atoms with Gasteiger partial charge < -0.3 is 5.73 Å². The number of amides is 1. The molecule has 4 heteroatoms. The van der Waals surface area contributed by atoms with Crippen LogP contribution >= 0.6 is 0 Å². The summed E-state index contributed by atoms with van der Waals surface area (Å²) in [5, 5.41) is 0. The zero-order valence-corrected chi connectivity index (χ0v) is 8.59. The van der Waals surface area contributed by atoms with Crippen molar-refractivity contribution in [1.29, 1.82) is 0 Å². The van der Waals surface area contributed by atoms with Gasteiger partial charge in [-0.1, -0.05) is 0 Å². The molecule has 0 unspecified atom stereocenters. The summed E-state index contributed by atoms with van der Waals surface area (Å²) in [4.78, 5) is 10.4. The van der Waals surface area contributed by atoms with Crippen molar-refractivity contribution in [2.45, 2.75) is 0 Å². The summed E-state index contributed by atoms with van der Waals surface area (Å²) >= 11 is 0. The fraction of sp³-hybridized carbons (Fsp3) is 0. The van der Waals surface area contributed by atoms with E-state index >= 15 is 0 Å². The van der Waals surface area contributed by atoms with E-state index in [0.29, 0.717) is 5.56 Å². The van der Waals surface area contributed by atoms with Gasteiger partial charge >= 0.3 is 0 Å². The van der Waals surface area contributed by atoms with Gasteiger partial charge in [0, 0.05) is 38.3 Å². The van der Waals surface area contributed by atoms with Gasteiger partial charge in [-0.05, 0) is 24.3 Å². The molecule has 0 spiro atoms. The number of hydrogen-bond acceptors (Lipinski definition) is 1. The Morgan fingerprint density at radius 1 is 1.27 bits per heavy atom. The average Bonchev–Trinajstić information content (AvgIpc) is 1.88. The largest absolute Gasteiger partial charge is 0.366 e. The molecule has 0 saturated carbocycles. The smallest absolute Gasteiger partial charge is 0.248 e. The van der Waals surface area contributed by atoms with Gasteiger partial charge in [0.1, 0.15) is 5.82 Å². The predicted octanol–water partition coefficient (Wildman–Crippen LogP) is 0.922. The van der Waals surface area contributed by atoms with Gasteiger partial charge in [0.2, 0.25) is 5.91 Å². The summed E-state index contributed by atoms with van der Waals surface area (Å²) in [5.74, 6) is -0.912. The average molecular weight is 228 g/mol. The third kappa shape index (κ3) is 3.08. The van der Waals surface area contributed by atoms with E-state index in [1.165, 1.54) is 24.3 Å². The minimum absolute atomic E-state index is 0. The van der Waals surface area contributed by atoms with Crippen LogP contribution in [0.2, 0.25) is 0 Å². The van der Waals surface area contributed by atoms with E-state index in [9.17, 15) is 9.18 Å². The van der Waals surface area contributed by atoms with Gasteiger partial charge in [-0.2, -0.15) is 0 Å². The molecule has 1 amide bonds. The Labute approximate surface area is 88.8 Å². The second-order valence-electron chi connectivity index (χ2n) is 1.87. The summed E-state index contributed by atoms with van der Waals surface area (Å²) < 4.78 is 12.2. The van der Waals surface area contributed by atoms with Crippen LogP contribution < -0.4 is 5.73 Å². The van der Waals surface area contributed by atoms with Crippen molar-refractivity contribution in [1.82, 2.24) is 0 Å². The van der Waals surface area contributed by atoms with E-state index in [1.807, 2.05) is 0 Å². The van der Waals surface area contributed by atoms with Crippen LogP contribution in [0.4, 0.5) is 4.39 Å². The predicted molar refractivity (Wildman–Crippen MR) is 34.9 cm³/mol. The number of benzene rings is 1. The fourth-order valence-corrected chi connectivity index (χ4v) is 0.614. The van der Waals surface area contributed by atoms with Crippen molar-refractivity contribution in [3.63, 3.8) is 0 Å². The van der Waals surface area contributed by atoms with Gasteiger partial charge in [0.15, 0.2) is 0 Å². The van der Waals surface area contributed by atoms with Crippen LogP contribution in [0.5, 0.6) is 0 Å². The summed E-state index contributed by atoms with van der Waals surface area (Å²) in [6.45, 7) is 0. The zero-order valence-electron chi connectivity index (χ0n) is 5.75. The third-order valence-electron chi connectivity index (χ3n) is 1.13. The van der Waals surface area contributed by atoms with Crippen LogP contribution in [0, 0.1) is 5.82 Å². The first-order chi connectivity index (χ1) is 4.70. The molecule has 0 heterocycles. The number of nitrogens with two attached hydrogens (primary N) is 1. The molecule has 0 aliphatic rings. The number of carbonyl (C=O) groups is 1. The molecule has 0 saturated heterocycles. The van der Waals surface area contributed by atoms with Crippen molar-refractivity contribution >= 4 is 5.91 Å². The molecule has 0 bridgehead atoms. The Balaban J connectivity index is 0.000001000. The summed E-state index contributed by atoms with van der Waals surface area (Å²) in [5.41, 5.74) is 5.22. The molecule has 55 valence electrons. The van der Waals surface area contributed by atoms with Gasteiger partial charge in [-0.25, -0.2) is 4.39 Å². The Morgan fingerprint density at radius 3 is 2.09 bits per heavy atom. The minimum atomic E-state index is -0.542. The van der Waals surface area contributed by atoms with Crippen LogP contribution in [-0.2, 0) is 32.7 Å². The van der Waals surface area contributed by atoms with Gasteiger partial charge in [-0.15, -0.1) is 0 Å². The molecule has 1 radical (unpaired) electrons. The monoisotopic (exact) mass is 228 g/mol. The molecule has 11 heavy (non-hydrogen) atoms. The normalized spacial score (nSPS) is 8.45. The molecule has 1 aromatic carbocycles. The first-order valence-electron chi connectivity index (χ1n) is 2.75. The maximum atomic E-state index is 12.2. The Hall–Kier alpha value is -0.276. The van der Waals surface area contributed by atoms with Crippen LogP contribution in [-0.4, -0.2) is 5.91 Å². The molecular weight excluding hydrogens is 222 g/mol. The van der Waals surface area contributed by atoms with Crippen molar-refractivity contribution in [3.8, 4) is 0 Å². The zero-order chi connectivity index (χ0) is 7.56. The van der Waals surface area contributed by atoms with E-state index in [4.69, 9.17) is 5.73 Å². The van der Waals surface area contributed by atoms with Crippen molar-refractivity contribution < 1.29 is 41.9 Å². The first kappa shape index (κ1) is 10.7. The molecule has 0 aliphatic heterocycles. The molecule has 2 N–H and O–H groups in total. The number of hydrogen-bond donors (Lipinski definition) is 1. The molecule has 2 nitrogen and oxygen atoms in total. The van der Waals surface area contributed by atoms with Gasteiger partial charge in [-0.3, -0.25) is 4.79 Å².